The van der Waals surface area contributed by atoms with Crippen molar-refractivity contribution in [1.29, 1.82) is 0 Å². The predicted octanol–water partition coefficient (Wildman–Crippen LogP) is 2.73. The summed E-state index contributed by atoms with van der Waals surface area (Å²) in [5.74, 6) is -0.609. The van der Waals surface area contributed by atoms with Crippen LogP contribution >= 0.6 is 11.3 Å². The molecule has 2 heterocycles. The van der Waals surface area contributed by atoms with Gasteiger partial charge in [-0.2, -0.15) is 0 Å². The van der Waals surface area contributed by atoms with Crippen molar-refractivity contribution in [3.05, 3.63) is 45.9 Å². The van der Waals surface area contributed by atoms with Gasteiger partial charge in [-0.05, 0) is 64.6 Å². The van der Waals surface area contributed by atoms with Gasteiger partial charge in [-0.1, -0.05) is 17.7 Å². The molecule has 2 unspecified atom stereocenters. The minimum atomic E-state index is -3.59. The van der Waals surface area contributed by atoms with Gasteiger partial charge in [0.2, 0.25) is 10.0 Å². The first-order chi connectivity index (χ1) is 16.8. The molecule has 35 heavy (non-hydrogen) atoms. The van der Waals surface area contributed by atoms with Crippen LogP contribution in [0, 0.1) is 6.92 Å². The van der Waals surface area contributed by atoms with Crippen molar-refractivity contribution in [2.45, 2.75) is 62.8 Å². The van der Waals surface area contributed by atoms with Gasteiger partial charge in [0, 0.05) is 24.4 Å². The fourth-order valence-corrected chi connectivity index (χ4v) is 5.86. The Morgan fingerprint density at radius 1 is 1.26 bits per heavy atom. The van der Waals surface area contributed by atoms with Crippen LogP contribution < -0.4 is 15.4 Å². The third-order valence-corrected chi connectivity index (χ3v) is 8.30. The smallest absolute Gasteiger partial charge is 0.328 e. The van der Waals surface area contributed by atoms with Gasteiger partial charge in [0.05, 0.1) is 16.5 Å². The summed E-state index contributed by atoms with van der Waals surface area (Å²) in [6.07, 6.45) is 3.49. The van der Waals surface area contributed by atoms with E-state index < -0.39 is 27.9 Å². The Bertz CT molecular complexity index is 1080. The first-order valence-corrected chi connectivity index (χ1v) is 14.4. The van der Waals surface area contributed by atoms with Gasteiger partial charge in [-0.3, -0.25) is 4.79 Å². The van der Waals surface area contributed by atoms with Crippen molar-refractivity contribution in [2.24, 2.45) is 0 Å². The number of nitrogens with zero attached hydrogens (tertiary/aromatic N) is 1. The molecule has 3 N–H and O–H groups in total. The Labute approximate surface area is 211 Å². The molecule has 0 bridgehead atoms. The zero-order chi connectivity index (χ0) is 25.3. The molecule has 1 fully saturated rings. The van der Waals surface area contributed by atoms with Crippen LogP contribution in [0.5, 0.6) is 0 Å². The van der Waals surface area contributed by atoms with Crippen molar-refractivity contribution in [3.8, 4) is 0 Å². The van der Waals surface area contributed by atoms with E-state index in [1.807, 2.05) is 6.92 Å². The van der Waals surface area contributed by atoms with E-state index in [0.717, 1.165) is 36.5 Å². The number of amides is 1. The number of sulfonamides is 1. The van der Waals surface area contributed by atoms with Gasteiger partial charge in [0.1, 0.15) is 11.7 Å². The van der Waals surface area contributed by atoms with E-state index in [1.54, 1.807) is 36.6 Å². The van der Waals surface area contributed by atoms with Crippen molar-refractivity contribution < 1.29 is 22.7 Å². The number of benzene rings is 1. The van der Waals surface area contributed by atoms with E-state index in [1.165, 1.54) is 11.3 Å². The molecule has 192 valence electrons. The molecule has 2 atom stereocenters. The standard InChI is InChI=1S/C24H34N4O5S2/c1-3-33-24(30)20(8-4-5-14-26-35(31,32)19-11-9-17(2)10-12-19)27-22(29)21-16-34-23(28-21)18-7-6-13-25-15-18/h9-12,16,18,20,25-26H,3-8,13-15H2,1-2H3,(H,27,29). The topological polar surface area (TPSA) is 126 Å². The van der Waals surface area contributed by atoms with E-state index in [4.69, 9.17) is 4.74 Å². The molecule has 0 aliphatic carbocycles. The lowest BCUT2D eigenvalue weighted by molar-refractivity contribution is -0.145. The molecule has 1 aromatic carbocycles. The summed E-state index contributed by atoms with van der Waals surface area (Å²) in [4.78, 5) is 29.9. The highest BCUT2D eigenvalue weighted by molar-refractivity contribution is 7.89. The number of carbonyl (C=O) groups excluding carboxylic acids is 2. The van der Waals surface area contributed by atoms with Crippen molar-refractivity contribution in [1.82, 2.24) is 20.3 Å². The van der Waals surface area contributed by atoms with E-state index >= 15 is 0 Å². The Kier molecular flexibility index (Phi) is 10.2. The largest absolute Gasteiger partial charge is 0.464 e. The average molecular weight is 523 g/mol. The number of aromatic nitrogens is 1. The highest BCUT2D eigenvalue weighted by Crippen LogP contribution is 2.26. The average Bonchev–Trinajstić information content (AvgIpc) is 3.34. The monoisotopic (exact) mass is 522 g/mol. The van der Waals surface area contributed by atoms with Gasteiger partial charge in [-0.15, -0.1) is 11.3 Å². The van der Waals surface area contributed by atoms with Crippen LogP contribution in [0.3, 0.4) is 0 Å². The lowest BCUT2D eigenvalue weighted by atomic mass is 10.0. The van der Waals surface area contributed by atoms with Crippen molar-refractivity contribution in [2.75, 3.05) is 26.2 Å². The molecule has 0 spiro atoms. The summed E-state index contributed by atoms with van der Waals surface area (Å²) >= 11 is 1.46. The Morgan fingerprint density at radius 3 is 2.71 bits per heavy atom. The van der Waals surface area contributed by atoms with E-state index in [-0.39, 0.29) is 18.0 Å². The van der Waals surface area contributed by atoms with Crippen LogP contribution in [0.25, 0.3) is 0 Å². The maximum atomic E-state index is 12.8. The zero-order valence-electron chi connectivity index (χ0n) is 20.2. The SMILES string of the molecule is CCOC(=O)C(CCCCNS(=O)(=O)c1ccc(C)cc1)NC(=O)c1csc(C2CCCNC2)n1. The minimum absolute atomic E-state index is 0.205. The number of esters is 1. The molecule has 11 heteroatoms. The number of aryl methyl sites for hydroxylation is 1. The lowest BCUT2D eigenvalue weighted by Gasteiger charge is -2.20. The van der Waals surface area contributed by atoms with Crippen molar-refractivity contribution in [3.63, 3.8) is 0 Å². The molecule has 3 rings (SSSR count). The maximum absolute atomic E-state index is 12.8. The quantitative estimate of drug-likeness (QED) is 0.289. The summed E-state index contributed by atoms with van der Waals surface area (Å²) in [7, 11) is -3.59. The first-order valence-electron chi connectivity index (χ1n) is 12.0. The van der Waals surface area contributed by atoms with Crippen molar-refractivity contribution >= 4 is 33.2 Å². The number of unbranched alkanes of at least 4 members (excludes halogenated alkanes) is 1. The second-order valence-corrected chi connectivity index (χ2v) is 11.3. The van der Waals surface area contributed by atoms with Crippen LogP contribution in [-0.4, -0.2) is 57.6 Å². The van der Waals surface area contributed by atoms with Gasteiger partial charge in [0.25, 0.3) is 5.91 Å². The molecule has 2 aromatic rings. The van der Waals surface area contributed by atoms with E-state index in [9.17, 15) is 18.0 Å². The molecule has 1 aliphatic heterocycles. The number of piperidine rings is 1. The molecule has 0 radical (unpaired) electrons. The van der Waals surface area contributed by atoms with Crippen LogP contribution in [-0.2, 0) is 19.6 Å². The second-order valence-electron chi connectivity index (χ2n) is 8.60. The summed E-state index contributed by atoms with van der Waals surface area (Å²) in [6.45, 7) is 5.89. The fourth-order valence-electron chi connectivity index (χ4n) is 3.85. The van der Waals surface area contributed by atoms with Crippen LogP contribution in [0.1, 0.15) is 66.0 Å². The lowest BCUT2D eigenvalue weighted by Crippen LogP contribution is -2.42. The minimum Gasteiger partial charge on any atom is -0.464 e. The zero-order valence-corrected chi connectivity index (χ0v) is 21.8. The number of rotatable bonds is 12. The number of hydrogen-bond donors (Lipinski definition) is 3. The van der Waals surface area contributed by atoms with E-state index in [0.29, 0.717) is 30.9 Å². The Balaban J connectivity index is 1.50. The summed E-state index contributed by atoms with van der Waals surface area (Å²) in [5, 5.41) is 8.75. The highest BCUT2D eigenvalue weighted by atomic mass is 32.2. The van der Waals surface area contributed by atoms with Crippen LogP contribution in [0.2, 0.25) is 0 Å². The predicted molar refractivity (Wildman–Crippen MR) is 135 cm³/mol. The fraction of sp³-hybridized carbons (Fsp3) is 0.542. The summed E-state index contributed by atoms with van der Waals surface area (Å²) in [6, 6.07) is 5.81. The van der Waals surface area contributed by atoms with Gasteiger partial charge >= 0.3 is 5.97 Å². The number of thiazole rings is 1. The molecule has 1 saturated heterocycles. The number of hydrogen-bond acceptors (Lipinski definition) is 8. The Hall–Kier alpha value is -2.34. The molecule has 9 nitrogen and oxygen atoms in total. The Morgan fingerprint density at radius 2 is 2.03 bits per heavy atom. The molecule has 0 saturated carbocycles. The summed E-state index contributed by atoms with van der Waals surface area (Å²) in [5.41, 5.74) is 1.28. The van der Waals surface area contributed by atoms with Gasteiger partial charge in [-0.25, -0.2) is 22.9 Å². The summed E-state index contributed by atoms with van der Waals surface area (Å²) < 4.78 is 32.5. The van der Waals surface area contributed by atoms with Gasteiger partial charge < -0.3 is 15.4 Å². The van der Waals surface area contributed by atoms with Crippen LogP contribution in [0.4, 0.5) is 0 Å². The number of ether oxygens (including phenoxy) is 1. The highest BCUT2D eigenvalue weighted by Gasteiger charge is 2.25. The third kappa shape index (κ3) is 8.09. The molecular formula is C24H34N4O5S2. The molecule has 1 amide bonds. The molecule has 1 aromatic heterocycles. The van der Waals surface area contributed by atoms with Gasteiger partial charge in [0.15, 0.2) is 0 Å². The normalized spacial score (nSPS) is 17.0. The number of nitrogens with one attached hydrogen (secondary N) is 3. The third-order valence-electron chi connectivity index (χ3n) is 5.82. The molecule has 1 aliphatic rings. The number of carbonyl (C=O) groups is 2. The van der Waals surface area contributed by atoms with Crippen LogP contribution in [0.15, 0.2) is 34.5 Å². The second kappa shape index (κ2) is 13.1. The van der Waals surface area contributed by atoms with E-state index in [2.05, 4.69) is 20.3 Å². The molecular weight excluding hydrogens is 488 g/mol. The maximum Gasteiger partial charge on any atom is 0.328 e. The first kappa shape index (κ1) is 27.3.